The molecule has 0 saturated carbocycles. The second-order valence-corrected chi connectivity index (χ2v) is 7.36. The van der Waals surface area contributed by atoms with Crippen LogP contribution in [-0.4, -0.2) is 30.2 Å². The van der Waals surface area contributed by atoms with Gasteiger partial charge in [0.15, 0.2) is 0 Å². The Kier molecular flexibility index (Phi) is 7.02. The number of nitrogens with one attached hydrogen (secondary N) is 1. The molecule has 1 N–H and O–H groups in total. The first-order valence-corrected chi connectivity index (χ1v) is 9.57. The van der Waals surface area contributed by atoms with Gasteiger partial charge in [-0.1, -0.05) is 42.8 Å². The van der Waals surface area contributed by atoms with Gasteiger partial charge in [-0.2, -0.15) is 0 Å². The molecule has 0 aliphatic carbocycles. The molecule has 1 unspecified atom stereocenters. The predicted molar refractivity (Wildman–Crippen MR) is 100 cm³/mol. The number of rotatable bonds is 7. The quantitative estimate of drug-likeness (QED) is 0.681. The number of hydrogen-bond donors (Lipinski definition) is 1. The van der Waals surface area contributed by atoms with Crippen LogP contribution in [0.5, 0.6) is 0 Å². The van der Waals surface area contributed by atoms with E-state index in [0.29, 0.717) is 28.6 Å². The fraction of sp³-hybridized carbons (Fsp3) is 0.526. The Bertz CT molecular complexity index is 661. The maximum atomic E-state index is 14.3. The van der Waals surface area contributed by atoms with Crippen LogP contribution in [0.4, 0.5) is 4.39 Å². The number of halogens is 2. The summed E-state index contributed by atoms with van der Waals surface area (Å²) in [5.41, 5.74) is 5.52. The largest absolute Gasteiger partial charge is 0.463 e. The fourth-order valence-corrected chi connectivity index (χ4v) is 3.52. The molecular weight excluding hydrogens is 387 g/mol. The maximum absolute atomic E-state index is 14.3. The van der Waals surface area contributed by atoms with Gasteiger partial charge in [-0.25, -0.2) is 14.6 Å². The molecule has 1 atom stereocenters. The summed E-state index contributed by atoms with van der Waals surface area (Å²) in [6.45, 7) is 9.11. The van der Waals surface area contributed by atoms with E-state index in [0.717, 1.165) is 18.7 Å². The Balaban J connectivity index is 2.39. The lowest BCUT2D eigenvalue weighted by molar-refractivity contribution is -0.138. The molecule has 2 rings (SSSR count). The third-order valence-corrected chi connectivity index (χ3v) is 4.65. The lowest BCUT2D eigenvalue weighted by Gasteiger charge is -2.25. The molecule has 6 heteroatoms. The van der Waals surface area contributed by atoms with Crippen molar-refractivity contribution in [3.63, 3.8) is 0 Å². The molecule has 25 heavy (non-hydrogen) atoms. The number of hydrogen-bond acceptors (Lipinski definition) is 4. The highest BCUT2D eigenvalue weighted by atomic mass is 79.9. The number of esters is 1. The zero-order valence-electron chi connectivity index (χ0n) is 15.2. The molecule has 4 nitrogen and oxygen atoms in total. The van der Waals surface area contributed by atoms with E-state index in [1.165, 1.54) is 6.07 Å². The van der Waals surface area contributed by atoms with Crippen molar-refractivity contribution >= 4 is 21.9 Å². The predicted octanol–water partition coefficient (Wildman–Crippen LogP) is 4.20. The van der Waals surface area contributed by atoms with Crippen LogP contribution in [-0.2, 0) is 16.0 Å². The molecule has 0 fully saturated rings. The van der Waals surface area contributed by atoms with Crippen molar-refractivity contribution in [2.75, 3.05) is 13.2 Å². The van der Waals surface area contributed by atoms with Gasteiger partial charge >= 0.3 is 5.97 Å². The number of ether oxygens (including phenoxy) is 1. The summed E-state index contributed by atoms with van der Waals surface area (Å²) in [5.74, 6) is -0.433. The van der Waals surface area contributed by atoms with Crippen LogP contribution >= 0.6 is 15.9 Å². The Morgan fingerprint density at radius 2 is 2.12 bits per heavy atom. The molecule has 1 aliphatic rings. The average Bonchev–Trinajstić information content (AvgIpc) is 2.89. The smallest absolute Gasteiger partial charge is 0.337 e. The second-order valence-electron chi connectivity index (χ2n) is 6.45. The van der Waals surface area contributed by atoms with E-state index < -0.39 is 0 Å². The Morgan fingerprint density at radius 1 is 1.40 bits per heavy atom. The third-order valence-electron chi connectivity index (χ3n) is 4.16. The first kappa shape index (κ1) is 19.9. The van der Waals surface area contributed by atoms with Crippen molar-refractivity contribution in [2.45, 2.75) is 46.6 Å². The van der Waals surface area contributed by atoms with Crippen molar-refractivity contribution in [3.8, 4) is 0 Å². The van der Waals surface area contributed by atoms with Gasteiger partial charge in [0.25, 0.3) is 0 Å². The first-order chi connectivity index (χ1) is 11.9. The number of carbonyl (C=O) groups is 1. The number of carbonyl (C=O) groups excluding carboxylic acids is 1. The summed E-state index contributed by atoms with van der Waals surface area (Å²) in [6, 6.07) is 4.72. The van der Waals surface area contributed by atoms with Crippen LogP contribution in [0.2, 0.25) is 0 Å². The standard InChI is InChI=1S/C19H26BrFN2O2/c1-5-9-23-18(12(3)4)17(19(24)25-6-2)16(22-23)10-13-7-8-14(20)11-15(13)21/h7-8,11-12,16,22H,5-6,9-10H2,1-4H3. The highest BCUT2D eigenvalue weighted by Gasteiger charge is 2.37. The van der Waals surface area contributed by atoms with E-state index in [2.05, 4.69) is 42.1 Å². The SMILES string of the molecule is CCCN1NC(Cc2ccc(Br)cc2F)C(C(=O)OCC)=C1C(C)C. The monoisotopic (exact) mass is 412 g/mol. The van der Waals surface area contributed by atoms with Crippen LogP contribution in [0.15, 0.2) is 33.9 Å². The van der Waals surface area contributed by atoms with Gasteiger partial charge in [0.05, 0.1) is 18.2 Å². The molecule has 0 aromatic heterocycles. The van der Waals surface area contributed by atoms with Gasteiger partial charge in [0.2, 0.25) is 0 Å². The lowest BCUT2D eigenvalue weighted by atomic mass is 9.95. The van der Waals surface area contributed by atoms with Crippen LogP contribution in [0.3, 0.4) is 0 Å². The van der Waals surface area contributed by atoms with E-state index in [9.17, 15) is 9.18 Å². The number of nitrogens with zero attached hydrogens (tertiary/aromatic N) is 1. The van der Waals surface area contributed by atoms with Gasteiger partial charge in [-0.05, 0) is 43.4 Å². The molecule has 0 spiro atoms. The zero-order valence-corrected chi connectivity index (χ0v) is 16.8. The van der Waals surface area contributed by atoms with E-state index in [1.54, 1.807) is 13.0 Å². The van der Waals surface area contributed by atoms with Crippen molar-refractivity contribution in [1.29, 1.82) is 0 Å². The molecule has 1 aromatic carbocycles. The molecule has 1 aliphatic heterocycles. The third kappa shape index (κ3) is 4.61. The molecular formula is C19H26BrFN2O2. The summed E-state index contributed by atoms with van der Waals surface area (Å²) in [6.07, 6.45) is 1.34. The van der Waals surface area contributed by atoms with Gasteiger partial charge < -0.3 is 9.75 Å². The van der Waals surface area contributed by atoms with Gasteiger partial charge in [0, 0.05) is 16.7 Å². The van der Waals surface area contributed by atoms with E-state index >= 15 is 0 Å². The van der Waals surface area contributed by atoms with E-state index in [4.69, 9.17) is 4.74 Å². The summed E-state index contributed by atoms with van der Waals surface area (Å²) in [5, 5.41) is 2.03. The van der Waals surface area contributed by atoms with Crippen molar-refractivity contribution < 1.29 is 13.9 Å². The highest BCUT2D eigenvalue weighted by molar-refractivity contribution is 9.10. The van der Waals surface area contributed by atoms with Gasteiger partial charge in [-0.3, -0.25) is 0 Å². The Morgan fingerprint density at radius 3 is 2.68 bits per heavy atom. The summed E-state index contributed by atoms with van der Waals surface area (Å²) >= 11 is 3.28. The molecule has 0 radical (unpaired) electrons. The molecule has 0 bridgehead atoms. The lowest BCUT2D eigenvalue weighted by Crippen LogP contribution is -2.40. The molecule has 1 heterocycles. The second kappa shape index (κ2) is 8.81. The fourth-order valence-electron chi connectivity index (χ4n) is 3.19. The highest BCUT2D eigenvalue weighted by Crippen LogP contribution is 2.30. The minimum Gasteiger partial charge on any atom is -0.463 e. The van der Waals surface area contributed by atoms with E-state index in [1.807, 2.05) is 11.1 Å². The summed E-state index contributed by atoms with van der Waals surface area (Å²) < 4.78 is 20.3. The van der Waals surface area contributed by atoms with Crippen LogP contribution < -0.4 is 5.43 Å². The van der Waals surface area contributed by atoms with Crippen LogP contribution in [0.1, 0.15) is 39.7 Å². The number of benzene rings is 1. The normalized spacial score (nSPS) is 17.6. The minimum atomic E-state index is -0.320. The number of allylic oxidation sites excluding steroid dienone is 1. The van der Waals surface area contributed by atoms with E-state index in [-0.39, 0.29) is 23.7 Å². The van der Waals surface area contributed by atoms with Crippen LogP contribution in [0, 0.1) is 11.7 Å². The molecule has 0 saturated heterocycles. The van der Waals surface area contributed by atoms with Crippen molar-refractivity contribution in [3.05, 3.63) is 45.3 Å². The van der Waals surface area contributed by atoms with Crippen molar-refractivity contribution in [1.82, 2.24) is 10.4 Å². The summed E-state index contributed by atoms with van der Waals surface area (Å²) in [7, 11) is 0. The molecule has 0 amide bonds. The minimum absolute atomic E-state index is 0.165. The maximum Gasteiger partial charge on any atom is 0.337 e. The van der Waals surface area contributed by atoms with Gasteiger partial charge in [-0.15, -0.1) is 0 Å². The average molecular weight is 413 g/mol. The van der Waals surface area contributed by atoms with Crippen LogP contribution in [0.25, 0.3) is 0 Å². The summed E-state index contributed by atoms with van der Waals surface area (Å²) in [4.78, 5) is 12.6. The molecule has 138 valence electrons. The Hall–Kier alpha value is -1.40. The van der Waals surface area contributed by atoms with Crippen molar-refractivity contribution in [2.24, 2.45) is 5.92 Å². The molecule has 1 aromatic rings. The first-order valence-electron chi connectivity index (χ1n) is 8.77. The number of hydrazine groups is 1. The zero-order chi connectivity index (χ0) is 18.6. The topological polar surface area (TPSA) is 41.6 Å². The van der Waals surface area contributed by atoms with Gasteiger partial charge in [0.1, 0.15) is 5.82 Å². The Labute approximate surface area is 157 Å².